The third kappa shape index (κ3) is 9.19. The number of hydrazone groups is 2. The maximum absolute atomic E-state index is 11.5. The van der Waals surface area contributed by atoms with Gasteiger partial charge >= 0.3 is 5.97 Å². The molecule has 8 nitrogen and oxygen atoms in total. The van der Waals surface area contributed by atoms with E-state index in [2.05, 4.69) is 21.1 Å². The summed E-state index contributed by atoms with van der Waals surface area (Å²) >= 11 is 10.1. The molecule has 0 aliphatic rings. The Bertz CT molecular complexity index is 463. The highest BCUT2D eigenvalue weighted by molar-refractivity contribution is 7.80. The topological polar surface area (TPSA) is 81.6 Å². The Kier molecular flexibility index (Phi) is 9.96. The van der Waals surface area contributed by atoms with Crippen LogP contribution in [0.4, 0.5) is 0 Å². The van der Waals surface area contributed by atoms with Crippen LogP contribution in [-0.2, 0) is 9.53 Å². The van der Waals surface area contributed by atoms with Crippen molar-refractivity contribution in [3.8, 4) is 0 Å². The Labute approximate surface area is 141 Å². The molecule has 0 unspecified atom stereocenters. The molecular weight excluding hydrogens is 324 g/mol. The van der Waals surface area contributed by atoms with Gasteiger partial charge in [-0.1, -0.05) is 0 Å². The molecule has 10 heteroatoms. The molecule has 0 bridgehead atoms. The van der Waals surface area contributed by atoms with E-state index >= 15 is 0 Å². The van der Waals surface area contributed by atoms with Crippen LogP contribution >= 0.6 is 24.4 Å². The number of thiocarbonyl (C=S) groups is 2. The van der Waals surface area contributed by atoms with E-state index in [9.17, 15) is 4.79 Å². The summed E-state index contributed by atoms with van der Waals surface area (Å²) in [6, 6.07) is 0. The summed E-state index contributed by atoms with van der Waals surface area (Å²) in [6.45, 7) is 2.04. The first-order valence-corrected chi connectivity index (χ1v) is 7.29. The first-order chi connectivity index (χ1) is 10.3. The predicted molar refractivity (Wildman–Crippen MR) is 96.0 cm³/mol. The second-order valence-electron chi connectivity index (χ2n) is 4.47. The standard InChI is InChI=1S/C12H22N6O2S2/c1-6-20-10(19)7-9(14-16-12(22)18(4)5)8-13-15-11(21)17(2)3/h8H,6-7H2,1-5H3,(H,15,21)(H,16,22)/b13-8+,14-9-. The zero-order valence-corrected chi connectivity index (χ0v) is 15.0. The Morgan fingerprint density at radius 2 is 1.68 bits per heavy atom. The van der Waals surface area contributed by atoms with Crippen LogP contribution in [0.2, 0.25) is 0 Å². The van der Waals surface area contributed by atoms with Gasteiger partial charge in [0.15, 0.2) is 10.2 Å². The Morgan fingerprint density at radius 3 is 2.18 bits per heavy atom. The number of hydrogen-bond acceptors (Lipinski definition) is 6. The van der Waals surface area contributed by atoms with Crippen LogP contribution in [0.1, 0.15) is 13.3 Å². The zero-order valence-electron chi connectivity index (χ0n) is 13.4. The molecule has 0 saturated carbocycles. The molecule has 0 radical (unpaired) electrons. The van der Waals surface area contributed by atoms with Gasteiger partial charge in [0.25, 0.3) is 0 Å². The number of esters is 1. The van der Waals surface area contributed by atoms with E-state index in [0.29, 0.717) is 22.5 Å². The minimum absolute atomic E-state index is 0.0310. The molecule has 0 aromatic heterocycles. The van der Waals surface area contributed by atoms with E-state index in [0.717, 1.165) is 0 Å². The van der Waals surface area contributed by atoms with Crippen LogP contribution < -0.4 is 10.9 Å². The SMILES string of the molecule is CCOC(=O)CC(/C=N/NC(=S)N(C)C)=N/NC(=S)N(C)C. The summed E-state index contributed by atoms with van der Waals surface area (Å²) in [4.78, 5) is 14.9. The maximum Gasteiger partial charge on any atom is 0.311 e. The summed E-state index contributed by atoms with van der Waals surface area (Å²) in [5.74, 6) is -0.402. The molecule has 2 N–H and O–H groups in total. The van der Waals surface area contributed by atoms with E-state index in [-0.39, 0.29) is 6.42 Å². The highest BCUT2D eigenvalue weighted by Gasteiger charge is 2.08. The van der Waals surface area contributed by atoms with Crippen molar-refractivity contribution in [3.63, 3.8) is 0 Å². The highest BCUT2D eigenvalue weighted by Crippen LogP contribution is 1.91. The first-order valence-electron chi connectivity index (χ1n) is 6.47. The molecule has 0 spiro atoms. The van der Waals surface area contributed by atoms with Gasteiger partial charge in [0, 0.05) is 28.2 Å². The van der Waals surface area contributed by atoms with Gasteiger partial charge in [-0.15, -0.1) is 0 Å². The van der Waals surface area contributed by atoms with Crippen molar-refractivity contribution >= 4 is 52.6 Å². The molecule has 0 fully saturated rings. The smallest absolute Gasteiger partial charge is 0.311 e. The summed E-state index contributed by atoms with van der Waals surface area (Å²) in [5, 5.41) is 8.82. The van der Waals surface area contributed by atoms with Crippen LogP contribution in [0.25, 0.3) is 0 Å². The van der Waals surface area contributed by atoms with E-state index in [1.807, 2.05) is 0 Å². The third-order valence-electron chi connectivity index (χ3n) is 2.11. The number of rotatable bonds is 6. The quantitative estimate of drug-likeness (QED) is 0.305. The molecule has 0 aliphatic carbocycles. The van der Waals surface area contributed by atoms with Crippen LogP contribution in [0.3, 0.4) is 0 Å². The zero-order chi connectivity index (χ0) is 17.1. The van der Waals surface area contributed by atoms with Gasteiger partial charge in [-0.05, 0) is 31.4 Å². The minimum atomic E-state index is -0.402. The fraction of sp³-hybridized carbons (Fsp3) is 0.583. The molecule has 0 aliphatic heterocycles. The van der Waals surface area contributed by atoms with Crippen LogP contribution in [-0.4, -0.2) is 72.7 Å². The molecule has 0 rings (SSSR count). The van der Waals surface area contributed by atoms with Crippen molar-refractivity contribution in [2.24, 2.45) is 10.2 Å². The molecule has 22 heavy (non-hydrogen) atoms. The predicted octanol–water partition coefficient (Wildman–Crippen LogP) is 0.154. The molecule has 0 heterocycles. The van der Waals surface area contributed by atoms with Crippen molar-refractivity contribution in [2.75, 3.05) is 34.8 Å². The van der Waals surface area contributed by atoms with Gasteiger partial charge in [-0.25, -0.2) is 0 Å². The average molecular weight is 346 g/mol. The lowest BCUT2D eigenvalue weighted by molar-refractivity contribution is -0.141. The third-order valence-corrected chi connectivity index (χ3v) is 3.02. The molecule has 0 aromatic carbocycles. The monoisotopic (exact) mass is 346 g/mol. The second-order valence-corrected chi connectivity index (χ2v) is 5.24. The largest absolute Gasteiger partial charge is 0.466 e. The Balaban J connectivity index is 4.81. The molecular formula is C12H22N6O2S2. The van der Waals surface area contributed by atoms with E-state index in [4.69, 9.17) is 29.2 Å². The molecule has 0 aromatic rings. The molecule has 0 saturated heterocycles. The lowest BCUT2D eigenvalue weighted by atomic mass is 10.3. The van der Waals surface area contributed by atoms with Crippen molar-refractivity contribution in [2.45, 2.75) is 13.3 Å². The van der Waals surface area contributed by atoms with Crippen LogP contribution in [0, 0.1) is 0 Å². The average Bonchev–Trinajstić information content (AvgIpc) is 2.43. The summed E-state index contributed by atoms with van der Waals surface area (Å²) in [7, 11) is 7.13. The lowest BCUT2D eigenvalue weighted by Crippen LogP contribution is -2.33. The van der Waals surface area contributed by atoms with Crippen LogP contribution in [0.5, 0.6) is 0 Å². The summed E-state index contributed by atoms with van der Waals surface area (Å²) in [5.41, 5.74) is 5.67. The number of nitrogens with one attached hydrogen (secondary N) is 2. The summed E-state index contributed by atoms with van der Waals surface area (Å²) < 4.78 is 4.89. The van der Waals surface area contributed by atoms with Crippen molar-refractivity contribution in [1.82, 2.24) is 20.7 Å². The van der Waals surface area contributed by atoms with Gasteiger partial charge in [0.1, 0.15) is 0 Å². The molecule has 0 atom stereocenters. The van der Waals surface area contributed by atoms with Crippen molar-refractivity contribution in [3.05, 3.63) is 0 Å². The van der Waals surface area contributed by atoms with Gasteiger partial charge < -0.3 is 14.5 Å². The van der Waals surface area contributed by atoms with Crippen molar-refractivity contribution < 1.29 is 9.53 Å². The normalized spacial score (nSPS) is 11.0. The van der Waals surface area contributed by atoms with E-state index < -0.39 is 5.97 Å². The van der Waals surface area contributed by atoms with Gasteiger partial charge in [0.2, 0.25) is 0 Å². The Morgan fingerprint density at radius 1 is 1.14 bits per heavy atom. The second kappa shape index (κ2) is 10.9. The maximum atomic E-state index is 11.5. The first kappa shape index (κ1) is 20.2. The fourth-order valence-electron chi connectivity index (χ4n) is 0.956. The number of nitrogens with zero attached hydrogens (tertiary/aromatic N) is 4. The van der Waals surface area contributed by atoms with E-state index in [1.54, 1.807) is 44.9 Å². The van der Waals surface area contributed by atoms with E-state index in [1.165, 1.54) is 6.21 Å². The number of hydrogen-bond donors (Lipinski definition) is 2. The van der Waals surface area contributed by atoms with Crippen molar-refractivity contribution in [1.29, 1.82) is 0 Å². The van der Waals surface area contributed by atoms with Gasteiger partial charge in [-0.2, -0.15) is 10.2 Å². The Hall–Kier alpha value is -1.81. The highest BCUT2D eigenvalue weighted by atomic mass is 32.1. The number of ether oxygens (including phenoxy) is 1. The summed E-state index contributed by atoms with van der Waals surface area (Å²) in [6.07, 6.45) is 1.36. The number of carbonyl (C=O) groups is 1. The van der Waals surface area contributed by atoms with Gasteiger partial charge in [0.05, 0.1) is 25.0 Å². The lowest BCUT2D eigenvalue weighted by Gasteiger charge is -2.13. The van der Waals surface area contributed by atoms with Crippen LogP contribution in [0.15, 0.2) is 10.2 Å². The molecule has 0 amide bonds. The van der Waals surface area contributed by atoms with Gasteiger partial charge in [-0.3, -0.25) is 15.6 Å². The number of carbonyl (C=O) groups excluding carboxylic acids is 1. The fourth-order valence-corrected chi connectivity index (χ4v) is 1.05. The minimum Gasteiger partial charge on any atom is -0.466 e. The molecule has 124 valence electrons.